The van der Waals surface area contributed by atoms with Crippen molar-refractivity contribution in [1.82, 2.24) is 0 Å². The van der Waals surface area contributed by atoms with Crippen LogP contribution in [0.1, 0.15) is 81.0 Å². The molecule has 288 valence electrons. The lowest BCUT2D eigenvalue weighted by molar-refractivity contribution is -0.151. The van der Waals surface area contributed by atoms with Gasteiger partial charge in [-0.05, 0) is 111 Å². The van der Waals surface area contributed by atoms with Gasteiger partial charge in [-0.2, -0.15) is 0 Å². The van der Waals surface area contributed by atoms with Crippen molar-refractivity contribution in [3.63, 3.8) is 0 Å². The summed E-state index contributed by atoms with van der Waals surface area (Å²) in [5.74, 6) is -0.357. The summed E-state index contributed by atoms with van der Waals surface area (Å²) in [4.78, 5) is 48.5. The first-order valence-corrected chi connectivity index (χ1v) is 18.5. The third-order valence-electron chi connectivity index (χ3n) is 8.65. The molecule has 0 radical (unpaired) electrons. The van der Waals surface area contributed by atoms with Crippen molar-refractivity contribution >= 4 is 23.9 Å². The van der Waals surface area contributed by atoms with E-state index < -0.39 is 30.5 Å². The third kappa shape index (κ3) is 14.5. The summed E-state index contributed by atoms with van der Waals surface area (Å²) in [6.07, 6.45) is 8.59. The van der Waals surface area contributed by atoms with Crippen LogP contribution in [-0.4, -0.2) is 68.1 Å². The minimum absolute atomic E-state index is 0.0505. The molecule has 11 heteroatoms. The molecule has 0 amide bonds. The predicted molar refractivity (Wildman–Crippen MR) is 202 cm³/mol. The molecule has 3 aromatic rings. The first-order chi connectivity index (χ1) is 26.2. The smallest absolute Gasteiger partial charge is 0.343 e. The van der Waals surface area contributed by atoms with Crippen LogP contribution in [0.25, 0.3) is 11.1 Å². The van der Waals surface area contributed by atoms with Crippen molar-refractivity contribution in [3.05, 3.63) is 103 Å². The van der Waals surface area contributed by atoms with Crippen LogP contribution < -0.4 is 14.2 Å². The molecule has 54 heavy (non-hydrogen) atoms. The molecule has 1 N–H and O–H groups in total. The fourth-order valence-corrected chi connectivity index (χ4v) is 5.56. The van der Waals surface area contributed by atoms with Crippen LogP contribution in [0, 0.1) is 0 Å². The minimum Gasteiger partial charge on any atom is -0.494 e. The zero-order chi connectivity index (χ0) is 38.5. The Morgan fingerprint density at radius 3 is 1.70 bits per heavy atom. The van der Waals surface area contributed by atoms with Gasteiger partial charge in [0.05, 0.1) is 50.6 Å². The number of aliphatic hydroxyl groups is 1. The zero-order valence-corrected chi connectivity index (χ0v) is 30.8. The molecule has 0 aromatic heterocycles. The highest BCUT2D eigenvalue weighted by molar-refractivity contribution is 5.93. The second kappa shape index (κ2) is 22.6. The van der Waals surface area contributed by atoms with Crippen LogP contribution in [0.3, 0.4) is 0 Å². The molecular weight excluding hydrogens is 692 g/mol. The van der Waals surface area contributed by atoms with Gasteiger partial charge in [-0.3, -0.25) is 4.79 Å². The molecule has 0 bridgehead atoms. The molecule has 11 nitrogen and oxygen atoms in total. The number of hydrogen-bond donors (Lipinski definition) is 1. The van der Waals surface area contributed by atoms with Crippen molar-refractivity contribution in [2.24, 2.45) is 0 Å². The van der Waals surface area contributed by atoms with Gasteiger partial charge in [-0.1, -0.05) is 43.8 Å². The molecule has 1 aliphatic rings. The van der Waals surface area contributed by atoms with Crippen LogP contribution in [0.2, 0.25) is 0 Å². The van der Waals surface area contributed by atoms with Crippen molar-refractivity contribution in [1.29, 1.82) is 0 Å². The second-order valence-corrected chi connectivity index (χ2v) is 13.0. The Kier molecular flexibility index (Phi) is 17.3. The van der Waals surface area contributed by atoms with Gasteiger partial charge < -0.3 is 33.5 Å². The van der Waals surface area contributed by atoms with E-state index in [2.05, 4.69) is 13.2 Å². The Morgan fingerprint density at radius 2 is 1.09 bits per heavy atom. The molecule has 0 spiro atoms. The molecule has 0 aliphatic heterocycles. The summed E-state index contributed by atoms with van der Waals surface area (Å²) in [6, 6.07) is 21.5. The summed E-state index contributed by atoms with van der Waals surface area (Å²) in [5.41, 5.74) is 2.41. The van der Waals surface area contributed by atoms with Gasteiger partial charge in [0, 0.05) is 12.0 Å². The predicted octanol–water partition coefficient (Wildman–Crippen LogP) is 7.74. The fraction of sp³-hybridized carbons (Fsp3) is 0.395. The van der Waals surface area contributed by atoms with E-state index in [1.54, 1.807) is 36.4 Å². The molecule has 1 aliphatic carbocycles. The highest BCUT2D eigenvalue weighted by Crippen LogP contribution is 2.25. The normalized spacial score (nSPS) is 12.6. The van der Waals surface area contributed by atoms with Crippen LogP contribution >= 0.6 is 0 Å². The Hall–Kier alpha value is -5.42. The van der Waals surface area contributed by atoms with Gasteiger partial charge in [-0.25, -0.2) is 14.4 Å². The Morgan fingerprint density at radius 1 is 0.593 bits per heavy atom. The Balaban J connectivity index is 1.08. The van der Waals surface area contributed by atoms with Crippen molar-refractivity contribution in [2.75, 3.05) is 33.0 Å². The molecule has 3 aromatic carbocycles. The van der Waals surface area contributed by atoms with E-state index in [1.807, 2.05) is 36.4 Å². The maximum atomic E-state index is 12.8. The average Bonchev–Trinajstić information content (AvgIpc) is 3.19. The highest BCUT2D eigenvalue weighted by Gasteiger charge is 2.20. The standard InChI is InChI=1S/C43H50O11/c1-31(29-40(45)53-38-11-6-5-7-12-38)41(46)52-28-10-27-50-36-19-17-34(18-20-36)33-13-15-35(16-14-33)43(48)54-39-23-21-37(22-24-39)49-25-8-3-4-9-26-51-42(47)32(2)30-44/h13-24,38,44H,1-12,25-30H2. The van der Waals surface area contributed by atoms with Gasteiger partial charge in [0.25, 0.3) is 0 Å². The number of benzene rings is 3. The maximum Gasteiger partial charge on any atom is 0.343 e. The zero-order valence-electron chi connectivity index (χ0n) is 30.8. The molecule has 0 saturated heterocycles. The van der Waals surface area contributed by atoms with E-state index in [1.165, 1.54) is 0 Å². The van der Waals surface area contributed by atoms with Crippen LogP contribution in [0.5, 0.6) is 17.2 Å². The van der Waals surface area contributed by atoms with E-state index in [0.717, 1.165) is 68.9 Å². The summed E-state index contributed by atoms with van der Waals surface area (Å²) >= 11 is 0. The average molecular weight is 743 g/mol. The maximum absolute atomic E-state index is 12.8. The lowest BCUT2D eigenvalue weighted by Crippen LogP contribution is -2.22. The van der Waals surface area contributed by atoms with E-state index in [9.17, 15) is 19.2 Å². The SMILES string of the molecule is C=C(CO)C(=O)OCCCCCCOc1ccc(OC(=O)c2ccc(-c3ccc(OCCCOC(=O)C(=C)CC(=O)OC4CCCCC4)cc3)cc2)cc1. The van der Waals surface area contributed by atoms with Crippen molar-refractivity contribution < 1.29 is 52.7 Å². The van der Waals surface area contributed by atoms with Gasteiger partial charge in [0.2, 0.25) is 0 Å². The second-order valence-electron chi connectivity index (χ2n) is 13.0. The van der Waals surface area contributed by atoms with Gasteiger partial charge >= 0.3 is 23.9 Å². The van der Waals surface area contributed by atoms with Gasteiger partial charge in [0.15, 0.2) is 0 Å². The van der Waals surface area contributed by atoms with Gasteiger partial charge in [-0.15, -0.1) is 0 Å². The van der Waals surface area contributed by atoms with Gasteiger partial charge in [0.1, 0.15) is 23.4 Å². The topological polar surface area (TPSA) is 144 Å². The lowest BCUT2D eigenvalue weighted by atomic mass is 9.98. The van der Waals surface area contributed by atoms with E-state index >= 15 is 0 Å². The van der Waals surface area contributed by atoms with Crippen LogP contribution in [-0.2, 0) is 28.6 Å². The number of carbonyl (C=O) groups excluding carboxylic acids is 4. The lowest BCUT2D eigenvalue weighted by Gasteiger charge is -2.21. The Bertz CT molecular complexity index is 1670. The summed E-state index contributed by atoms with van der Waals surface area (Å²) in [6.45, 7) is 8.00. The highest BCUT2D eigenvalue weighted by atomic mass is 16.6. The molecule has 0 atom stereocenters. The summed E-state index contributed by atoms with van der Waals surface area (Å²) in [5, 5.41) is 8.86. The van der Waals surface area contributed by atoms with E-state index in [4.69, 9.17) is 33.5 Å². The number of aliphatic hydroxyl groups excluding tert-OH is 1. The van der Waals surface area contributed by atoms with Crippen LogP contribution in [0.15, 0.2) is 97.1 Å². The third-order valence-corrected chi connectivity index (χ3v) is 8.65. The molecule has 1 fully saturated rings. The molecular formula is C43H50O11. The molecule has 0 heterocycles. The molecule has 0 unspecified atom stereocenters. The Labute approximate surface area is 316 Å². The van der Waals surface area contributed by atoms with Crippen molar-refractivity contribution in [2.45, 2.75) is 76.7 Å². The number of esters is 4. The summed E-state index contributed by atoms with van der Waals surface area (Å²) in [7, 11) is 0. The quantitative estimate of drug-likeness (QED) is 0.0355. The fourth-order valence-electron chi connectivity index (χ4n) is 5.56. The number of hydrogen-bond acceptors (Lipinski definition) is 11. The number of unbranched alkanes of at least 4 members (excludes halogenated alkanes) is 3. The van der Waals surface area contributed by atoms with Crippen molar-refractivity contribution in [3.8, 4) is 28.4 Å². The monoisotopic (exact) mass is 742 g/mol. The van der Waals surface area contributed by atoms with E-state index in [-0.39, 0.29) is 30.3 Å². The first-order valence-electron chi connectivity index (χ1n) is 18.5. The molecule has 4 rings (SSSR count). The summed E-state index contributed by atoms with van der Waals surface area (Å²) < 4.78 is 32.8. The van der Waals surface area contributed by atoms with E-state index in [0.29, 0.717) is 49.1 Å². The van der Waals surface area contributed by atoms with Crippen LogP contribution in [0.4, 0.5) is 0 Å². The number of ether oxygens (including phenoxy) is 6. The number of rotatable bonds is 22. The minimum atomic E-state index is -0.609. The first kappa shape index (κ1) is 41.3. The molecule has 1 saturated carbocycles. The largest absolute Gasteiger partial charge is 0.494 e. The number of carbonyl (C=O) groups is 4.